The Hall–Kier alpha value is -1.66. The third-order valence-electron chi connectivity index (χ3n) is 3.49. The molecule has 1 amide bonds. The van der Waals surface area contributed by atoms with Crippen molar-refractivity contribution in [3.05, 3.63) is 34.3 Å². The SMILES string of the molecule is CCCC(CCC)c1nnc(NC(=O)COc2ccc(Cl)cc2)s1. The van der Waals surface area contributed by atoms with E-state index in [-0.39, 0.29) is 12.5 Å². The molecule has 0 atom stereocenters. The van der Waals surface area contributed by atoms with Gasteiger partial charge in [0.25, 0.3) is 5.91 Å². The van der Waals surface area contributed by atoms with Crippen molar-refractivity contribution in [2.24, 2.45) is 0 Å². The lowest BCUT2D eigenvalue weighted by Crippen LogP contribution is -2.20. The van der Waals surface area contributed by atoms with Gasteiger partial charge < -0.3 is 4.74 Å². The predicted molar refractivity (Wildman–Crippen MR) is 98.0 cm³/mol. The molecule has 7 heteroatoms. The Morgan fingerprint density at radius 3 is 2.50 bits per heavy atom. The highest BCUT2D eigenvalue weighted by Crippen LogP contribution is 2.30. The average molecular weight is 368 g/mol. The van der Waals surface area contributed by atoms with Crippen LogP contribution in [-0.4, -0.2) is 22.7 Å². The number of hydrogen-bond acceptors (Lipinski definition) is 5. The lowest BCUT2D eigenvalue weighted by atomic mass is 9.99. The monoisotopic (exact) mass is 367 g/mol. The van der Waals surface area contributed by atoms with Gasteiger partial charge in [0, 0.05) is 10.9 Å². The summed E-state index contributed by atoms with van der Waals surface area (Å²) in [6, 6.07) is 6.87. The minimum Gasteiger partial charge on any atom is -0.484 e. The highest BCUT2D eigenvalue weighted by Gasteiger charge is 2.16. The van der Waals surface area contributed by atoms with Crippen molar-refractivity contribution < 1.29 is 9.53 Å². The van der Waals surface area contributed by atoms with Crippen LogP contribution >= 0.6 is 22.9 Å². The standard InChI is InChI=1S/C17H22ClN3O2S/c1-3-5-12(6-4-2)16-20-21-17(24-16)19-15(22)11-23-14-9-7-13(18)8-10-14/h7-10,12H,3-6,11H2,1-2H3,(H,19,21,22). The Bertz CT molecular complexity index is 640. The van der Waals surface area contributed by atoms with Gasteiger partial charge in [-0.2, -0.15) is 0 Å². The summed E-state index contributed by atoms with van der Waals surface area (Å²) in [5, 5.41) is 13.2. The molecule has 0 aliphatic carbocycles. The topological polar surface area (TPSA) is 64.1 Å². The Balaban J connectivity index is 1.86. The molecule has 5 nitrogen and oxygen atoms in total. The quantitative estimate of drug-likeness (QED) is 0.685. The van der Waals surface area contributed by atoms with Gasteiger partial charge in [-0.25, -0.2) is 0 Å². The van der Waals surface area contributed by atoms with Crippen LogP contribution in [0.25, 0.3) is 0 Å². The molecule has 2 rings (SSSR count). The molecule has 0 aliphatic heterocycles. The summed E-state index contributed by atoms with van der Waals surface area (Å²) in [6.07, 6.45) is 4.41. The minimum atomic E-state index is -0.254. The van der Waals surface area contributed by atoms with Crippen molar-refractivity contribution in [2.45, 2.75) is 45.4 Å². The molecular formula is C17H22ClN3O2S. The molecule has 1 aromatic heterocycles. The molecule has 1 aromatic carbocycles. The number of amides is 1. The molecule has 0 bridgehead atoms. The van der Waals surface area contributed by atoms with Crippen LogP contribution in [0.1, 0.15) is 50.5 Å². The van der Waals surface area contributed by atoms with E-state index in [1.807, 2.05) is 0 Å². The number of ether oxygens (including phenoxy) is 1. The van der Waals surface area contributed by atoms with Crippen molar-refractivity contribution in [3.8, 4) is 5.75 Å². The first-order chi connectivity index (χ1) is 11.6. The number of carbonyl (C=O) groups is 1. The average Bonchev–Trinajstić information content (AvgIpc) is 3.02. The van der Waals surface area contributed by atoms with Gasteiger partial charge in [0.2, 0.25) is 5.13 Å². The van der Waals surface area contributed by atoms with Crippen molar-refractivity contribution in [3.63, 3.8) is 0 Å². The second-order valence-electron chi connectivity index (χ2n) is 5.51. The van der Waals surface area contributed by atoms with E-state index in [0.717, 1.165) is 30.7 Å². The highest BCUT2D eigenvalue weighted by atomic mass is 35.5. The van der Waals surface area contributed by atoms with E-state index in [9.17, 15) is 4.79 Å². The van der Waals surface area contributed by atoms with E-state index in [1.54, 1.807) is 24.3 Å². The smallest absolute Gasteiger partial charge is 0.264 e. The Kier molecular flexibility index (Phi) is 7.46. The number of anilines is 1. The lowest BCUT2D eigenvalue weighted by molar-refractivity contribution is -0.118. The number of benzene rings is 1. The van der Waals surface area contributed by atoms with E-state index in [4.69, 9.17) is 16.3 Å². The maximum absolute atomic E-state index is 12.0. The molecule has 0 spiro atoms. The Morgan fingerprint density at radius 1 is 1.21 bits per heavy atom. The summed E-state index contributed by atoms with van der Waals surface area (Å²) >= 11 is 7.25. The number of halogens is 1. The molecule has 130 valence electrons. The van der Waals surface area contributed by atoms with Crippen LogP contribution in [0.4, 0.5) is 5.13 Å². The van der Waals surface area contributed by atoms with Crippen LogP contribution in [0.3, 0.4) is 0 Å². The number of hydrogen-bond donors (Lipinski definition) is 1. The van der Waals surface area contributed by atoms with E-state index < -0.39 is 0 Å². The molecule has 0 fully saturated rings. The molecule has 0 saturated heterocycles. The summed E-state index contributed by atoms with van der Waals surface area (Å²) < 4.78 is 5.41. The third-order valence-corrected chi connectivity index (χ3v) is 4.75. The highest BCUT2D eigenvalue weighted by molar-refractivity contribution is 7.15. The van der Waals surface area contributed by atoms with Gasteiger partial charge in [0.05, 0.1) is 0 Å². The fraction of sp³-hybridized carbons (Fsp3) is 0.471. The Labute approximate surface area is 151 Å². The number of aromatic nitrogens is 2. The van der Waals surface area contributed by atoms with E-state index in [2.05, 4.69) is 29.4 Å². The second-order valence-corrected chi connectivity index (χ2v) is 6.96. The van der Waals surface area contributed by atoms with Gasteiger partial charge in [0.15, 0.2) is 6.61 Å². The zero-order chi connectivity index (χ0) is 17.4. The van der Waals surface area contributed by atoms with Gasteiger partial charge in [-0.1, -0.05) is 49.6 Å². The minimum absolute atomic E-state index is 0.0795. The van der Waals surface area contributed by atoms with Gasteiger partial charge in [0.1, 0.15) is 10.8 Å². The van der Waals surface area contributed by atoms with Crippen molar-refractivity contribution >= 4 is 34.0 Å². The van der Waals surface area contributed by atoms with E-state index in [1.165, 1.54) is 11.3 Å². The molecule has 0 saturated carbocycles. The molecule has 1 N–H and O–H groups in total. The predicted octanol–water partition coefficient (Wildman–Crippen LogP) is 4.89. The molecule has 0 unspecified atom stereocenters. The van der Waals surface area contributed by atoms with Crippen molar-refractivity contribution in [1.82, 2.24) is 10.2 Å². The maximum atomic E-state index is 12.0. The number of nitrogens with one attached hydrogen (secondary N) is 1. The largest absolute Gasteiger partial charge is 0.484 e. The van der Waals surface area contributed by atoms with Gasteiger partial charge >= 0.3 is 0 Å². The third kappa shape index (κ3) is 5.76. The van der Waals surface area contributed by atoms with Crippen LogP contribution < -0.4 is 10.1 Å². The molecule has 0 radical (unpaired) electrons. The van der Waals surface area contributed by atoms with Crippen LogP contribution in [-0.2, 0) is 4.79 Å². The van der Waals surface area contributed by atoms with Gasteiger partial charge in [-0.05, 0) is 37.1 Å². The fourth-order valence-corrected chi connectivity index (χ4v) is 3.43. The summed E-state index contributed by atoms with van der Waals surface area (Å²) in [7, 11) is 0. The summed E-state index contributed by atoms with van der Waals surface area (Å²) in [4.78, 5) is 12.0. The normalized spacial score (nSPS) is 10.8. The molecule has 0 aliphatic rings. The van der Waals surface area contributed by atoms with Crippen LogP contribution in [0.15, 0.2) is 24.3 Å². The van der Waals surface area contributed by atoms with Crippen LogP contribution in [0.2, 0.25) is 5.02 Å². The molecule has 24 heavy (non-hydrogen) atoms. The van der Waals surface area contributed by atoms with Gasteiger partial charge in [-0.15, -0.1) is 10.2 Å². The lowest BCUT2D eigenvalue weighted by Gasteiger charge is -2.10. The summed E-state index contributed by atoms with van der Waals surface area (Å²) in [6.45, 7) is 4.25. The van der Waals surface area contributed by atoms with E-state index >= 15 is 0 Å². The van der Waals surface area contributed by atoms with E-state index in [0.29, 0.717) is 21.8 Å². The summed E-state index contributed by atoms with van der Waals surface area (Å²) in [5.41, 5.74) is 0. The fourth-order valence-electron chi connectivity index (χ4n) is 2.37. The first-order valence-corrected chi connectivity index (χ1v) is 9.33. The molecule has 1 heterocycles. The molecule has 2 aromatic rings. The zero-order valence-corrected chi connectivity index (χ0v) is 15.5. The van der Waals surface area contributed by atoms with Crippen molar-refractivity contribution in [1.29, 1.82) is 0 Å². The van der Waals surface area contributed by atoms with Crippen LogP contribution in [0.5, 0.6) is 5.75 Å². The number of rotatable bonds is 9. The maximum Gasteiger partial charge on any atom is 0.264 e. The first-order valence-electron chi connectivity index (χ1n) is 8.14. The van der Waals surface area contributed by atoms with Crippen LogP contribution in [0, 0.1) is 0 Å². The number of carbonyl (C=O) groups excluding carboxylic acids is 1. The molecular weight excluding hydrogens is 346 g/mol. The first kappa shape index (κ1) is 18.7. The number of nitrogens with zero attached hydrogens (tertiary/aromatic N) is 2. The zero-order valence-electron chi connectivity index (χ0n) is 13.9. The van der Waals surface area contributed by atoms with Gasteiger partial charge in [-0.3, -0.25) is 10.1 Å². The Morgan fingerprint density at radius 2 is 1.88 bits per heavy atom. The second kappa shape index (κ2) is 9.59. The summed E-state index contributed by atoms with van der Waals surface area (Å²) in [5.74, 6) is 0.766. The van der Waals surface area contributed by atoms with Crippen molar-refractivity contribution in [2.75, 3.05) is 11.9 Å².